The van der Waals surface area contributed by atoms with E-state index in [0.717, 1.165) is 22.7 Å². The number of sulfonamides is 2. The largest absolute Gasteiger partial charge is 0.343 e. The molecule has 2 fully saturated rings. The van der Waals surface area contributed by atoms with Crippen molar-refractivity contribution in [3.63, 3.8) is 0 Å². The van der Waals surface area contributed by atoms with E-state index in [9.17, 15) is 16.8 Å². The monoisotopic (exact) mass is 642 g/mol. The van der Waals surface area contributed by atoms with Crippen LogP contribution in [0.25, 0.3) is 0 Å². The molecular weight excluding hydrogens is 627 g/mol. The van der Waals surface area contributed by atoms with E-state index in [1.54, 1.807) is 6.07 Å². The zero-order chi connectivity index (χ0) is 24.1. The van der Waals surface area contributed by atoms with E-state index < -0.39 is 31.6 Å². The van der Waals surface area contributed by atoms with E-state index >= 15 is 0 Å². The van der Waals surface area contributed by atoms with Gasteiger partial charge >= 0.3 is 0 Å². The fraction of sp³-hybridized carbons (Fsp3) is 0.500. The molecule has 1 spiro atoms. The van der Waals surface area contributed by atoms with Gasteiger partial charge in [0, 0.05) is 11.1 Å². The first kappa shape index (κ1) is 26.2. The highest BCUT2D eigenvalue weighted by molar-refractivity contribution is 9.09. The van der Waals surface area contributed by atoms with Gasteiger partial charge in [-0.05, 0) is 12.1 Å². The van der Waals surface area contributed by atoms with Crippen LogP contribution in [0, 0.1) is 0 Å². The molecule has 0 amide bonds. The maximum absolute atomic E-state index is 11.8. The van der Waals surface area contributed by atoms with Gasteiger partial charge in [0.2, 0.25) is 21.6 Å². The summed E-state index contributed by atoms with van der Waals surface area (Å²) >= 11 is 16.9. The van der Waals surface area contributed by atoms with Crippen molar-refractivity contribution in [1.29, 1.82) is 0 Å². The standard InChI is InChI=1S/C8H9BrClNO4S2.C8H8ClNO4S2/c9-4-8(14-1-2-15-8)5-3-6(10)16-7(5)17(11,12)13;9-6-3-5-7(15-6)16(11,12)10-4-8(5)13-1-2-14-8/h3H,1-2,4H2,(H2,11,12,13);3,10H,1-2,4H2. The summed E-state index contributed by atoms with van der Waals surface area (Å²) in [6, 6.07) is 3.11. The first-order valence-corrected chi connectivity index (χ1v) is 15.7. The molecule has 0 saturated carbocycles. The van der Waals surface area contributed by atoms with Crippen LogP contribution >= 0.6 is 61.8 Å². The Morgan fingerprint density at radius 1 is 1.03 bits per heavy atom. The molecule has 0 aromatic carbocycles. The van der Waals surface area contributed by atoms with Gasteiger partial charge in [-0.1, -0.05) is 39.1 Å². The second kappa shape index (κ2) is 9.53. The molecule has 2 saturated heterocycles. The van der Waals surface area contributed by atoms with Gasteiger partial charge in [0.1, 0.15) is 8.42 Å². The van der Waals surface area contributed by atoms with Crippen LogP contribution in [0.15, 0.2) is 20.6 Å². The summed E-state index contributed by atoms with van der Waals surface area (Å²) in [5.74, 6) is -2.10. The molecule has 3 N–H and O–H groups in total. The summed E-state index contributed by atoms with van der Waals surface area (Å²) in [5, 5.41) is 5.45. The topological polar surface area (TPSA) is 143 Å². The first-order chi connectivity index (χ1) is 15.4. The number of ether oxygens (including phenoxy) is 4. The van der Waals surface area contributed by atoms with Gasteiger partial charge < -0.3 is 18.9 Å². The van der Waals surface area contributed by atoms with Gasteiger partial charge in [0.05, 0.1) is 47.0 Å². The third-order valence-electron chi connectivity index (χ3n) is 4.84. The smallest absolute Gasteiger partial charge is 0.250 e. The predicted molar refractivity (Wildman–Crippen MR) is 126 cm³/mol. The van der Waals surface area contributed by atoms with Crippen molar-refractivity contribution in [2.75, 3.05) is 38.3 Å². The third-order valence-corrected chi connectivity index (χ3v) is 11.5. The Kier molecular flexibility index (Phi) is 7.57. The number of hydrogen-bond donors (Lipinski definition) is 2. The number of nitrogens with one attached hydrogen (secondary N) is 1. The molecule has 0 bridgehead atoms. The minimum atomic E-state index is -3.85. The summed E-state index contributed by atoms with van der Waals surface area (Å²) in [4.78, 5) is 0. The molecule has 5 heterocycles. The zero-order valence-electron chi connectivity index (χ0n) is 16.5. The maximum Gasteiger partial charge on any atom is 0.250 e. The Morgan fingerprint density at radius 2 is 1.58 bits per heavy atom. The molecule has 0 radical (unpaired) electrons. The average Bonchev–Trinajstić information content (AvgIpc) is 3.51. The summed E-state index contributed by atoms with van der Waals surface area (Å²) < 4.78 is 71.8. The Bertz CT molecular complexity index is 1250. The lowest BCUT2D eigenvalue weighted by molar-refractivity contribution is -0.162. The first-order valence-electron chi connectivity index (χ1n) is 9.16. The fourth-order valence-corrected chi connectivity index (χ4v) is 9.55. The van der Waals surface area contributed by atoms with E-state index in [0.29, 0.717) is 51.6 Å². The van der Waals surface area contributed by atoms with Crippen LogP contribution in [-0.2, 0) is 50.6 Å². The van der Waals surface area contributed by atoms with Crippen LogP contribution in [0.3, 0.4) is 0 Å². The van der Waals surface area contributed by atoms with E-state index in [1.807, 2.05) is 0 Å². The Hall–Kier alpha value is 0.120. The van der Waals surface area contributed by atoms with Crippen molar-refractivity contribution in [3.8, 4) is 0 Å². The van der Waals surface area contributed by atoms with Crippen LogP contribution in [0.4, 0.5) is 0 Å². The van der Waals surface area contributed by atoms with Crippen molar-refractivity contribution in [2.45, 2.75) is 20.0 Å². The molecule has 33 heavy (non-hydrogen) atoms. The minimum Gasteiger partial charge on any atom is -0.343 e. The van der Waals surface area contributed by atoms with Crippen molar-refractivity contribution in [3.05, 3.63) is 31.9 Å². The Labute approximate surface area is 216 Å². The zero-order valence-corrected chi connectivity index (χ0v) is 22.9. The number of nitrogens with two attached hydrogens (primary N) is 1. The maximum atomic E-state index is 11.8. The highest BCUT2D eigenvalue weighted by Gasteiger charge is 2.48. The molecule has 10 nitrogen and oxygen atoms in total. The van der Waals surface area contributed by atoms with Crippen molar-refractivity contribution in [2.24, 2.45) is 5.14 Å². The fourth-order valence-electron chi connectivity index (χ4n) is 3.46. The molecule has 0 unspecified atom stereocenters. The number of thiophene rings is 2. The van der Waals surface area contributed by atoms with E-state index in [4.69, 9.17) is 47.3 Å². The average molecular weight is 644 g/mol. The molecule has 3 aliphatic heterocycles. The predicted octanol–water partition coefficient (Wildman–Crippen LogP) is 2.54. The van der Waals surface area contributed by atoms with E-state index in [2.05, 4.69) is 20.7 Å². The summed E-state index contributed by atoms with van der Waals surface area (Å²) in [6.07, 6.45) is 0. The molecule has 0 aliphatic carbocycles. The SMILES string of the molecule is NS(=O)(=O)c1sc(Cl)cc1C1(CBr)OCCO1.O=S1(=O)NCC2(OCCO2)c2cc(Cl)sc21. The number of hydrogen-bond acceptors (Lipinski definition) is 10. The molecule has 17 heteroatoms. The van der Waals surface area contributed by atoms with Gasteiger partial charge in [-0.15, -0.1) is 22.7 Å². The Balaban J connectivity index is 0.000000157. The van der Waals surface area contributed by atoms with Gasteiger partial charge in [-0.25, -0.2) is 26.7 Å². The van der Waals surface area contributed by atoms with E-state index in [-0.39, 0.29) is 15.0 Å². The molecule has 2 aromatic heterocycles. The highest BCUT2D eigenvalue weighted by Crippen LogP contribution is 2.44. The second-order valence-corrected chi connectivity index (χ2v) is 14.6. The van der Waals surface area contributed by atoms with Crippen LogP contribution in [-0.4, -0.2) is 55.1 Å². The number of fused-ring (bicyclic) bond motifs is 2. The number of halogens is 3. The lowest BCUT2D eigenvalue weighted by Gasteiger charge is -2.31. The minimum absolute atomic E-state index is 0.0242. The highest BCUT2D eigenvalue weighted by atomic mass is 79.9. The second-order valence-electron chi connectivity index (χ2n) is 6.91. The normalized spacial score (nSPS) is 22.7. The van der Waals surface area contributed by atoms with Gasteiger partial charge in [0.25, 0.3) is 10.0 Å². The van der Waals surface area contributed by atoms with E-state index in [1.165, 1.54) is 6.07 Å². The molecule has 184 valence electrons. The summed E-state index contributed by atoms with van der Waals surface area (Å²) in [6.45, 7) is 1.78. The van der Waals surface area contributed by atoms with Crippen LogP contribution in [0.2, 0.25) is 8.67 Å². The molecule has 0 atom stereocenters. The molecule has 2 aromatic rings. The lowest BCUT2D eigenvalue weighted by atomic mass is 10.1. The van der Waals surface area contributed by atoms with Crippen molar-refractivity contribution in [1.82, 2.24) is 4.72 Å². The lowest BCUT2D eigenvalue weighted by Crippen LogP contribution is -2.46. The Morgan fingerprint density at radius 3 is 2.15 bits per heavy atom. The van der Waals surface area contributed by atoms with Crippen LogP contribution in [0.5, 0.6) is 0 Å². The van der Waals surface area contributed by atoms with Crippen molar-refractivity contribution >= 4 is 81.9 Å². The number of alkyl halides is 1. The van der Waals surface area contributed by atoms with Crippen LogP contribution in [0.1, 0.15) is 11.1 Å². The quantitative estimate of drug-likeness (QED) is 0.486. The number of rotatable bonds is 3. The van der Waals surface area contributed by atoms with Crippen molar-refractivity contribution < 1.29 is 35.8 Å². The third kappa shape index (κ3) is 5.03. The molecule has 3 aliphatic rings. The van der Waals surface area contributed by atoms with Gasteiger partial charge in [-0.3, -0.25) is 0 Å². The van der Waals surface area contributed by atoms with Crippen LogP contribution < -0.4 is 9.86 Å². The van der Waals surface area contributed by atoms with Gasteiger partial charge in [0.15, 0.2) is 0 Å². The summed E-state index contributed by atoms with van der Waals surface area (Å²) in [7, 11) is -7.31. The molecule has 5 rings (SSSR count). The molecular formula is C16H17BrCl2N2O8S4. The van der Waals surface area contributed by atoms with Gasteiger partial charge in [-0.2, -0.15) is 0 Å². The number of primary sulfonamides is 1. The summed E-state index contributed by atoms with van der Waals surface area (Å²) in [5.41, 5.74) is 0.864.